The second-order valence-corrected chi connectivity index (χ2v) is 7.64. The van der Waals surface area contributed by atoms with Crippen LogP contribution in [0.4, 0.5) is 4.39 Å². The molecule has 140 valence electrons. The monoisotopic (exact) mass is 409 g/mol. The Kier molecular flexibility index (Phi) is 5.46. The predicted octanol–water partition coefficient (Wildman–Crippen LogP) is 6.33. The van der Waals surface area contributed by atoms with Crippen molar-refractivity contribution in [2.45, 2.75) is 17.8 Å². The fraction of sp³-hybridized carbons (Fsp3) is 0.0909. The van der Waals surface area contributed by atoms with Crippen LogP contribution in [0.5, 0.6) is 0 Å². The highest BCUT2D eigenvalue weighted by Crippen LogP contribution is 2.33. The molecule has 0 saturated carbocycles. The van der Waals surface area contributed by atoms with E-state index >= 15 is 0 Å². The van der Waals surface area contributed by atoms with Gasteiger partial charge in [-0.3, -0.25) is 4.57 Å². The van der Waals surface area contributed by atoms with E-state index in [1.807, 2.05) is 30.3 Å². The third-order valence-electron chi connectivity index (χ3n) is 4.46. The van der Waals surface area contributed by atoms with Gasteiger partial charge in [0.1, 0.15) is 5.82 Å². The maximum Gasteiger partial charge on any atom is 0.196 e. The van der Waals surface area contributed by atoms with Crippen LogP contribution in [-0.2, 0) is 5.75 Å². The zero-order chi connectivity index (χ0) is 19.5. The lowest BCUT2D eigenvalue weighted by atomic mass is 10.1. The van der Waals surface area contributed by atoms with Crippen LogP contribution in [0.2, 0.25) is 5.02 Å². The van der Waals surface area contributed by atoms with Crippen molar-refractivity contribution in [1.29, 1.82) is 0 Å². The van der Waals surface area contributed by atoms with Crippen LogP contribution in [0.3, 0.4) is 0 Å². The summed E-state index contributed by atoms with van der Waals surface area (Å²) in [5, 5.41) is 9.85. The molecular formula is C22H17ClFN3S. The summed E-state index contributed by atoms with van der Waals surface area (Å²) in [6.07, 6.45) is 0. The van der Waals surface area contributed by atoms with Gasteiger partial charge in [-0.2, -0.15) is 0 Å². The summed E-state index contributed by atoms with van der Waals surface area (Å²) in [6, 6.07) is 22.2. The van der Waals surface area contributed by atoms with Crippen LogP contribution >= 0.6 is 23.4 Å². The maximum atomic E-state index is 14.6. The van der Waals surface area contributed by atoms with E-state index in [-0.39, 0.29) is 5.82 Å². The van der Waals surface area contributed by atoms with Crippen LogP contribution in [0.15, 0.2) is 78.0 Å². The fourth-order valence-electron chi connectivity index (χ4n) is 2.94. The Morgan fingerprint density at radius 1 is 0.929 bits per heavy atom. The van der Waals surface area contributed by atoms with Crippen molar-refractivity contribution in [3.05, 3.63) is 94.8 Å². The molecule has 28 heavy (non-hydrogen) atoms. The van der Waals surface area contributed by atoms with Crippen molar-refractivity contribution in [2.75, 3.05) is 0 Å². The van der Waals surface area contributed by atoms with Crippen LogP contribution < -0.4 is 0 Å². The smallest absolute Gasteiger partial charge is 0.196 e. The van der Waals surface area contributed by atoms with Gasteiger partial charge in [-0.15, -0.1) is 10.2 Å². The highest BCUT2D eigenvalue weighted by molar-refractivity contribution is 7.98. The molecule has 0 bridgehead atoms. The molecule has 0 spiro atoms. The quantitative estimate of drug-likeness (QED) is 0.361. The molecule has 4 rings (SSSR count). The standard InChI is InChI=1S/C22H17ClFN3S/c1-15-8-2-3-9-16(15)14-28-22-26-25-21(17-10-4-5-11-18(17)23)27(22)20-13-7-6-12-19(20)24/h2-13H,14H2,1H3. The third-order valence-corrected chi connectivity index (χ3v) is 5.77. The molecular weight excluding hydrogens is 393 g/mol. The minimum atomic E-state index is -0.339. The molecule has 3 aromatic carbocycles. The molecule has 0 unspecified atom stereocenters. The molecule has 3 nitrogen and oxygen atoms in total. The van der Waals surface area contributed by atoms with E-state index in [0.29, 0.717) is 33.0 Å². The number of thioether (sulfide) groups is 1. The van der Waals surface area contributed by atoms with Crippen molar-refractivity contribution in [3.63, 3.8) is 0 Å². The second-order valence-electron chi connectivity index (χ2n) is 6.29. The van der Waals surface area contributed by atoms with Crippen LogP contribution in [0.1, 0.15) is 11.1 Å². The first-order chi connectivity index (χ1) is 13.6. The molecule has 1 heterocycles. The van der Waals surface area contributed by atoms with Crippen molar-refractivity contribution in [2.24, 2.45) is 0 Å². The minimum Gasteiger partial charge on any atom is -0.267 e. The summed E-state index contributed by atoms with van der Waals surface area (Å²) < 4.78 is 16.4. The zero-order valence-electron chi connectivity index (χ0n) is 15.1. The number of benzene rings is 3. The van der Waals surface area contributed by atoms with Gasteiger partial charge < -0.3 is 0 Å². The van der Waals surface area contributed by atoms with E-state index in [9.17, 15) is 4.39 Å². The fourth-order valence-corrected chi connectivity index (χ4v) is 4.19. The molecule has 0 radical (unpaired) electrons. The number of para-hydroxylation sites is 1. The second kappa shape index (κ2) is 8.17. The van der Waals surface area contributed by atoms with Gasteiger partial charge in [0.15, 0.2) is 11.0 Å². The van der Waals surface area contributed by atoms with Crippen molar-refractivity contribution >= 4 is 23.4 Å². The first-order valence-corrected chi connectivity index (χ1v) is 10.1. The number of hydrogen-bond acceptors (Lipinski definition) is 3. The summed E-state index contributed by atoms with van der Waals surface area (Å²) in [5.74, 6) is 0.887. The van der Waals surface area contributed by atoms with Gasteiger partial charge in [-0.05, 0) is 42.3 Å². The molecule has 4 aromatic rings. The molecule has 0 fully saturated rings. The highest BCUT2D eigenvalue weighted by Gasteiger charge is 2.20. The molecule has 0 saturated heterocycles. The van der Waals surface area contributed by atoms with Gasteiger partial charge in [-0.25, -0.2) is 4.39 Å². The lowest BCUT2D eigenvalue weighted by molar-refractivity contribution is 0.613. The average molecular weight is 410 g/mol. The van der Waals surface area contributed by atoms with Crippen molar-refractivity contribution in [1.82, 2.24) is 14.8 Å². The predicted molar refractivity (Wildman–Crippen MR) is 113 cm³/mol. The zero-order valence-corrected chi connectivity index (χ0v) is 16.7. The van der Waals surface area contributed by atoms with Crippen LogP contribution in [-0.4, -0.2) is 14.8 Å². The molecule has 0 aliphatic rings. The lowest BCUT2D eigenvalue weighted by Crippen LogP contribution is -2.02. The Labute approximate surface area is 172 Å². The lowest BCUT2D eigenvalue weighted by Gasteiger charge is -2.12. The summed E-state index contributed by atoms with van der Waals surface area (Å²) in [7, 11) is 0. The third kappa shape index (κ3) is 3.68. The SMILES string of the molecule is Cc1ccccc1CSc1nnc(-c2ccccc2Cl)n1-c1ccccc1F. The number of hydrogen-bond donors (Lipinski definition) is 0. The topological polar surface area (TPSA) is 30.7 Å². The van der Waals surface area contributed by atoms with Gasteiger partial charge in [0.2, 0.25) is 0 Å². The maximum absolute atomic E-state index is 14.6. The average Bonchev–Trinajstić information content (AvgIpc) is 3.11. The highest BCUT2D eigenvalue weighted by atomic mass is 35.5. The molecule has 0 aliphatic carbocycles. The van der Waals surface area contributed by atoms with Gasteiger partial charge in [0.05, 0.1) is 10.7 Å². The van der Waals surface area contributed by atoms with Gasteiger partial charge in [0.25, 0.3) is 0 Å². The van der Waals surface area contributed by atoms with E-state index in [2.05, 4.69) is 29.3 Å². The molecule has 0 N–H and O–H groups in total. The largest absolute Gasteiger partial charge is 0.267 e. The Hall–Kier alpha value is -2.63. The van der Waals surface area contributed by atoms with Crippen molar-refractivity contribution < 1.29 is 4.39 Å². The molecule has 6 heteroatoms. The first-order valence-electron chi connectivity index (χ1n) is 8.77. The normalized spacial score (nSPS) is 11.0. The number of aromatic nitrogens is 3. The minimum absolute atomic E-state index is 0.339. The Bertz CT molecular complexity index is 1130. The van der Waals surface area contributed by atoms with Crippen LogP contribution in [0, 0.1) is 12.7 Å². The van der Waals surface area contributed by atoms with Gasteiger partial charge in [-0.1, -0.05) is 71.9 Å². The molecule has 0 atom stereocenters. The van der Waals surface area contributed by atoms with Crippen LogP contribution in [0.25, 0.3) is 17.1 Å². The van der Waals surface area contributed by atoms with E-state index in [1.165, 1.54) is 29.0 Å². The molecule has 0 aliphatic heterocycles. The number of rotatable bonds is 5. The summed E-state index contributed by atoms with van der Waals surface area (Å²) in [4.78, 5) is 0. The molecule has 1 aromatic heterocycles. The van der Waals surface area contributed by atoms with E-state index < -0.39 is 0 Å². The number of aryl methyl sites for hydroxylation is 1. The van der Waals surface area contributed by atoms with Crippen molar-refractivity contribution in [3.8, 4) is 17.1 Å². The summed E-state index contributed by atoms with van der Waals surface area (Å²) in [5.41, 5.74) is 3.52. The number of nitrogens with zero attached hydrogens (tertiary/aromatic N) is 3. The first kappa shape index (κ1) is 18.7. The van der Waals surface area contributed by atoms with Gasteiger partial charge >= 0.3 is 0 Å². The number of halogens is 2. The summed E-state index contributed by atoms with van der Waals surface area (Å²) in [6.45, 7) is 2.08. The van der Waals surface area contributed by atoms with E-state index in [4.69, 9.17) is 11.6 Å². The Morgan fingerprint density at radius 3 is 2.43 bits per heavy atom. The Balaban J connectivity index is 1.80. The van der Waals surface area contributed by atoms with E-state index in [0.717, 1.165) is 0 Å². The van der Waals surface area contributed by atoms with Gasteiger partial charge in [0, 0.05) is 11.3 Å². The summed E-state index contributed by atoms with van der Waals surface area (Å²) >= 11 is 7.90. The Morgan fingerprint density at radius 2 is 1.64 bits per heavy atom. The van der Waals surface area contributed by atoms with E-state index in [1.54, 1.807) is 28.8 Å². The molecule has 0 amide bonds.